The fourth-order valence-corrected chi connectivity index (χ4v) is 5.65. The Morgan fingerprint density at radius 2 is 1.85 bits per heavy atom. The minimum absolute atomic E-state index is 0.0331. The maximum Gasteiger partial charge on any atom is 0.418 e. The molecule has 0 saturated heterocycles. The van der Waals surface area contributed by atoms with E-state index in [2.05, 4.69) is 27.4 Å². The summed E-state index contributed by atoms with van der Waals surface area (Å²) >= 11 is 0. The lowest BCUT2D eigenvalue weighted by atomic mass is 9.58. The number of benzene rings is 2. The molecule has 0 atom stereocenters. The van der Waals surface area contributed by atoms with Crippen LogP contribution in [0.5, 0.6) is 0 Å². The van der Waals surface area contributed by atoms with E-state index >= 15 is 0 Å². The molecule has 1 saturated carbocycles. The molecule has 39 heavy (non-hydrogen) atoms. The summed E-state index contributed by atoms with van der Waals surface area (Å²) in [5.74, 6) is 1.30. The van der Waals surface area contributed by atoms with Crippen LogP contribution in [-0.2, 0) is 25.2 Å². The molecule has 0 spiro atoms. The zero-order valence-corrected chi connectivity index (χ0v) is 22.2. The lowest BCUT2D eigenvalue weighted by Crippen LogP contribution is -2.43. The first-order valence-corrected chi connectivity index (χ1v) is 12.7. The molecule has 206 valence electrons. The molecule has 2 aromatic heterocycles. The van der Waals surface area contributed by atoms with E-state index in [4.69, 9.17) is 0 Å². The second-order valence-electron chi connectivity index (χ2n) is 11.2. The molecule has 7 nitrogen and oxygen atoms in total. The molecule has 1 N–H and O–H groups in total. The first-order valence-electron chi connectivity index (χ1n) is 12.7. The Morgan fingerprint density at radius 3 is 2.46 bits per heavy atom. The van der Waals surface area contributed by atoms with Gasteiger partial charge >= 0.3 is 6.18 Å². The van der Waals surface area contributed by atoms with Gasteiger partial charge in [0.25, 0.3) is 5.56 Å². The normalized spacial score (nSPS) is 19.8. The fourth-order valence-electron chi connectivity index (χ4n) is 5.65. The van der Waals surface area contributed by atoms with Crippen molar-refractivity contribution in [3.05, 3.63) is 81.9 Å². The number of rotatable bonds is 7. The maximum absolute atomic E-state index is 14.0. The van der Waals surface area contributed by atoms with Crippen molar-refractivity contribution in [2.45, 2.75) is 57.4 Å². The third kappa shape index (κ3) is 5.07. The summed E-state index contributed by atoms with van der Waals surface area (Å²) in [4.78, 5) is 17.7. The van der Waals surface area contributed by atoms with Crippen LogP contribution in [0, 0.1) is 5.92 Å². The first kappa shape index (κ1) is 27.0. The Hall–Kier alpha value is -3.60. The molecule has 2 heterocycles. The maximum atomic E-state index is 14.0. The summed E-state index contributed by atoms with van der Waals surface area (Å²) in [7, 11) is 1.89. The smallest absolute Gasteiger partial charge is 0.320 e. The molecular formula is C28H30F4N6O. The van der Waals surface area contributed by atoms with Gasteiger partial charge in [0, 0.05) is 20.1 Å². The molecule has 1 fully saturated rings. The van der Waals surface area contributed by atoms with Crippen LogP contribution in [0.25, 0.3) is 16.6 Å². The molecule has 0 unspecified atom stereocenters. The van der Waals surface area contributed by atoms with E-state index in [1.807, 2.05) is 29.8 Å². The van der Waals surface area contributed by atoms with Gasteiger partial charge < -0.3 is 9.88 Å². The van der Waals surface area contributed by atoms with Crippen molar-refractivity contribution in [2.75, 3.05) is 6.54 Å². The average molecular weight is 543 g/mol. The second kappa shape index (κ2) is 9.55. The van der Waals surface area contributed by atoms with Gasteiger partial charge in [-0.05, 0) is 68.0 Å². The highest BCUT2D eigenvalue weighted by molar-refractivity contribution is 5.82. The molecule has 0 bridgehead atoms. The van der Waals surface area contributed by atoms with Crippen molar-refractivity contribution in [3.63, 3.8) is 0 Å². The van der Waals surface area contributed by atoms with E-state index < -0.39 is 28.5 Å². The van der Waals surface area contributed by atoms with Gasteiger partial charge in [-0.2, -0.15) is 13.2 Å². The van der Waals surface area contributed by atoms with E-state index in [9.17, 15) is 22.4 Å². The van der Waals surface area contributed by atoms with Crippen LogP contribution in [0.4, 0.5) is 17.6 Å². The number of fused-ring (bicyclic) bond motifs is 1. The quantitative estimate of drug-likeness (QED) is 0.330. The van der Waals surface area contributed by atoms with Crippen LogP contribution < -0.4 is 10.9 Å². The largest absolute Gasteiger partial charge is 0.418 e. The standard InChI is InChI=1S/C28H30F4N6O/c1-17-11-27(12-17,25-36-35-16-37(25)4)19-6-5-7-20(10-19)38-15-34-23-21(24(38)39)8-18(9-22(23)28(30,31)32)13-33-14-26(2,3)29/h5-10,15-17,33H,11-14H2,1-4H3. The number of alkyl halides is 4. The minimum Gasteiger partial charge on any atom is -0.320 e. The molecule has 1 aliphatic rings. The number of halogens is 4. The Kier molecular flexibility index (Phi) is 6.61. The summed E-state index contributed by atoms with van der Waals surface area (Å²) in [6.07, 6.45) is -0.214. The Labute approximate surface area is 222 Å². The van der Waals surface area contributed by atoms with Crippen LogP contribution in [0.15, 0.2) is 53.8 Å². The fraction of sp³-hybridized carbons (Fsp3) is 0.429. The second-order valence-corrected chi connectivity index (χ2v) is 11.2. The van der Waals surface area contributed by atoms with Gasteiger partial charge in [0.05, 0.1) is 27.6 Å². The topological polar surface area (TPSA) is 77.6 Å². The van der Waals surface area contributed by atoms with Crippen LogP contribution in [-0.4, -0.2) is 36.5 Å². The number of hydrogen-bond acceptors (Lipinski definition) is 5. The van der Waals surface area contributed by atoms with E-state index in [0.29, 0.717) is 11.6 Å². The monoisotopic (exact) mass is 542 g/mol. The van der Waals surface area contributed by atoms with E-state index in [0.717, 1.165) is 36.6 Å². The zero-order valence-electron chi connectivity index (χ0n) is 22.2. The van der Waals surface area contributed by atoms with Gasteiger partial charge in [0.1, 0.15) is 24.1 Å². The molecule has 2 aromatic carbocycles. The van der Waals surface area contributed by atoms with Crippen LogP contribution in [0.3, 0.4) is 0 Å². The van der Waals surface area contributed by atoms with E-state index in [1.165, 1.54) is 24.5 Å². The summed E-state index contributed by atoms with van der Waals surface area (Å²) < 4.78 is 58.9. The first-order chi connectivity index (χ1) is 18.3. The van der Waals surface area contributed by atoms with Crippen molar-refractivity contribution < 1.29 is 17.6 Å². The van der Waals surface area contributed by atoms with Gasteiger partial charge in [-0.15, -0.1) is 10.2 Å². The highest BCUT2D eigenvalue weighted by Crippen LogP contribution is 2.51. The lowest BCUT2D eigenvalue weighted by Gasteiger charge is -2.46. The third-order valence-electron chi connectivity index (χ3n) is 7.31. The van der Waals surface area contributed by atoms with Gasteiger partial charge in [-0.1, -0.05) is 19.1 Å². The molecular weight excluding hydrogens is 512 g/mol. The molecule has 0 amide bonds. The number of hydrogen-bond donors (Lipinski definition) is 1. The molecule has 0 aliphatic heterocycles. The molecule has 1 aliphatic carbocycles. The molecule has 5 rings (SSSR count). The number of aromatic nitrogens is 5. The minimum atomic E-state index is -4.72. The lowest BCUT2D eigenvalue weighted by molar-refractivity contribution is -0.136. The van der Waals surface area contributed by atoms with Gasteiger partial charge in [-0.3, -0.25) is 9.36 Å². The number of aryl methyl sites for hydroxylation is 1. The number of nitrogens with one attached hydrogen (secondary N) is 1. The zero-order chi connectivity index (χ0) is 28.2. The highest BCUT2D eigenvalue weighted by Gasteiger charge is 2.48. The Morgan fingerprint density at radius 1 is 1.10 bits per heavy atom. The van der Waals surface area contributed by atoms with Crippen molar-refractivity contribution in [2.24, 2.45) is 13.0 Å². The van der Waals surface area contributed by atoms with Crippen LogP contribution >= 0.6 is 0 Å². The Bertz CT molecular complexity index is 1580. The summed E-state index contributed by atoms with van der Waals surface area (Å²) in [6, 6.07) is 9.75. The predicted octanol–water partition coefficient (Wildman–Crippen LogP) is 5.09. The summed E-state index contributed by atoms with van der Waals surface area (Å²) in [5.41, 5.74) is -2.30. The summed E-state index contributed by atoms with van der Waals surface area (Å²) in [5, 5.41) is 11.1. The highest BCUT2D eigenvalue weighted by atomic mass is 19.4. The summed E-state index contributed by atoms with van der Waals surface area (Å²) in [6.45, 7) is 4.82. The van der Waals surface area contributed by atoms with Crippen molar-refractivity contribution >= 4 is 10.9 Å². The van der Waals surface area contributed by atoms with Gasteiger partial charge in [-0.25, -0.2) is 9.37 Å². The molecule has 0 radical (unpaired) electrons. The van der Waals surface area contributed by atoms with Crippen molar-refractivity contribution in [3.8, 4) is 5.69 Å². The van der Waals surface area contributed by atoms with E-state index in [-0.39, 0.29) is 29.5 Å². The van der Waals surface area contributed by atoms with Gasteiger partial charge in [0.2, 0.25) is 0 Å². The average Bonchev–Trinajstić information content (AvgIpc) is 3.26. The van der Waals surface area contributed by atoms with Crippen molar-refractivity contribution in [1.82, 2.24) is 29.6 Å². The van der Waals surface area contributed by atoms with Crippen molar-refractivity contribution in [1.29, 1.82) is 0 Å². The SMILES string of the molecule is CC1CC(c2cccc(-n3cnc4c(C(F)(F)F)cc(CNCC(C)(C)F)cc4c3=O)c2)(c2nncn2C)C1. The Balaban J connectivity index is 1.60. The molecule has 11 heteroatoms. The van der Waals surface area contributed by atoms with Gasteiger partial charge in [0.15, 0.2) is 0 Å². The van der Waals surface area contributed by atoms with Crippen LogP contribution in [0.1, 0.15) is 56.1 Å². The molecule has 4 aromatic rings. The van der Waals surface area contributed by atoms with E-state index in [1.54, 1.807) is 12.4 Å². The number of nitrogens with zero attached hydrogens (tertiary/aromatic N) is 5. The third-order valence-corrected chi connectivity index (χ3v) is 7.31. The predicted molar refractivity (Wildman–Crippen MR) is 139 cm³/mol. The van der Waals surface area contributed by atoms with Crippen LogP contribution in [0.2, 0.25) is 0 Å².